The zero-order chi connectivity index (χ0) is 29.2. The van der Waals surface area contributed by atoms with E-state index in [0.717, 1.165) is 37.4 Å². The van der Waals surface area contributed by atoms with Gasteiger partial charge in [-0.05, 0) is 62.7 Å². The van der Waals surface area contributed by atoms with Gasteiger partial charge in [0.05, 0.1) is 35.5 Å². The molecule has 10 nitrogen and oxygen atoms in total. The highest BCUT2D eigenvalue weighted by molar-refractivity contribution is 7.21. The topological polar surface area (TPSA) is 109 Å². The summed E-state index contributed by atoms with van der Waals surface area (Å²) in [6.45, 7) is 3.87. The Morgan fingerprint density at radius 3 is 2.76 bits per heavy atom. The normalized spacial score (nSPS) is 15.0. The predicted molar refractivity (Wildman–Crippen MR) is 161 cm³/mol. The van der Waals surface area contributed by atoms with E-state index in [2.05, 4.69) is 25.5 Å². The maximum absolute atomic E-state index is 13.8. The van der Waals surface area contributed by atoms with E-state index in [0.29, 0.717) is 45.4 Å². The highest BCUT2D eigenvalue weighted by Crippen LogP contribution is 2.45. The van der Waals surface area contributed by atoms with Gasteiger partial charge >= 0.3 is 6.03 Å². The number of thiophene rings is 1. The molecule has 6 rings (SSSR count). The minimum Gasteiger partial charge on any atom is -0.493 e. The molecule has 2 aliphatic rings. The molecule has 4 aromatic rings. The molecule has 2 aromatic carbocycles. The van der Waals surface area contributed by atoms with E-state index in [1.54, 1.807) is 25.3 Å². The molecule has 1 saturated heterocycles. The maximum atomic E-state index is 13.8. The number of rotatable bonds is 9. The van der Waals surface area contributed by atoms with Crippen LogP contribution >= 0.6 is 22.9 Å². The third kappa shape index (κ3) is 5.57. The first-order chi connectivity index (χ1) is 20.4. The first kappa shape index (κ1) is 28.1. The van der Waals surface area contributed by atoms with Crippen molar-refractivity contribution in [3.8, 4) is 11.5 Å². The van der Waals surface area contributed by atoms with Gasteiger partial charge in [0.25, 0.3) is 5.91 Å². The van der Waals surface area contributed by atoms with Crippen LogP contribution in [0, 0.1) is 5.82 Å². The second-order valence-electron chi connectivity index (χ2n) is 9.97. The summed E-state index contributed by atoms with van der Waals surface area (Å²) in [7, 11) is 1.55. The second kappa shape index (κ2) is 12.1. The number of anilines is 4. The van der Waals surface area contributed by atoms with Crippen molar-refractivity contribution in [1.29, 1.82) is 0 Å². The SMILES string of the molecule is COc1cc(NC(=O)c2sc3ncnc4c3c2NC(=O)N4c2ccc(F)c(Cl)c2)ccc1OCCCN1CCCCC1. The zero-order valence-electron chi connectivity index (χ0n) is 22.8. The summed E-state index contributed by atoms with van der Waals surface area (Å²) in [5.74, 6) is 0.317. The Balaban J connectivity index is 1.19. The van der Waals surface area contributed by atoms with Gasteiger partial charge in [-0.25, -0.2) is 24.1 Å². The number of urea groups is 1. The molecule has 0 radical (unpaired) electrons. The summed E-state index contributed by atoms with van der Waals surface area (Å²) < 4.78 is 25.3. The summed E-state index contributed by atoms with van der Waals surface area (Å²) in [6.07, 6.45) is 6.06. The molecule has 0 aliphatic carbocycles. The van der Waals surface area contributed by atoms with Crippen molar-refractivity contribution < 1.29 is 23.5 Å². The Kier molecular flexibility index (Phi) is 8.09. The van der Waals surface area contributed by atoms with E-state index < -0.39 is 17.8 Å². The van der Waals surface area contributed by atoms with Gasteiger partial charge < -0.3 is 25.0 Å². The van der Waals surface area contributed by atoms with E-state index in [4.69, 9.17) is 21.1 Å². The monoisotopic (exact) mass is 610 g/mol. The Morgan fingerprint density at radius 2 is 1.98 bits per heavy atom. The van der Waals surface area contributed by atoms with Crippen LogP contribution in [0.25, 0.3) is 10.2 Å². The van der Waals surface area contributed by atoms with Gasteiger partial charge in [-0.3, -0.25) is 4.79 Å². The number of aromatic nitrogens is 2. The molecule has 218 valence electrons. The number of likely N-dealkylation sites (tertiary alicyclic amines) is 1. The number of nitrogens with one attached hydrogen (secondary N) is 2. The van der Waals surface area contributed by atoms with Crippen LogP contribution < -0.4 is 25.0 Å². The molecule has 0 bridgehead atoms. The number of carbonyl (C=O) groups is 2. The maximum Gasteiger partial charge on any atom is 0.332 e. The average Bonchev–Trinajstić information content (AvgIpc) is 3.37. The molecule has 4 heterocycles. The molecule has 0 spiro atoms. The summed E-state index contributed by atoms with van der Waals surface area (Å²) in [5, 5.41) is 6.02. The smallest absolute Gasteiger partial charge is 0.332 e. The van der Waals surface area contributed by atoms with E-state index >= 15 is 0 Å². The molecule has 2 N–H and O–H groups in total. The fourth-order valence-electron chi connectivity index (χ4n) is 5.20. The van der Waals surface area contributed by atoms with E-state index in [-0.39, 0.29) is 15.7 Å². The number of ether oxygens (including phenoxy) is 2. The van der Waals surface area contributed by atoms with Gasteiger partial charge in [0.1, 0.15) is 21.9 Å². The third-order valence-electron chi connectivity index (χ3n) is 7.23. The van der Waals surface area contributed by atoms with Crippen LogP contribution in [-0.4, -0.2) is 60.2 Å². The van der Waals surface area contributed by atoms with Crippen LogP contribution in [0.4, 0.5) is 32.1 Å². The summed E-state index contributed by atoms with van der Waals surface area (Å²) in [5.41, 5.74) is 1.12. The number of nitrogens with zero attached hydrogens (tertiary/aromatic N) is 4. The van der Waals surface area contributed by atoms with E-state index in [1.165, 1.54) is 48.7 Å². The van der Waals surface area contributed by atoms with Crippen LogP contribution in [0.15, 0.2) is 42.7 Å². The van der Waals surface area contributed by atoms with Crippen molar-refractivity contribution in [3.05, 3.63) is 58.4 Å². The number of amides is 3. The number of hydrogen-bond acceptors (Lipinski definition) is 8. The lowest BCUT2D eigenvalue weighted by molar-refractivity contribution is 0.103. The van der Waals surface area contributed by atoms with Crippen molar-refractivity contribution in [3.63, 3.8) is 0 Å². The predicted octanol–water partition coefficient (Wildman–Crippen LogP) is 6.68. The first-order valence-electron chi connectivity index (χ1n) is 13.6. The van der Waals surface area contributed by atoms with Crippen molar-refractivity contribution in [2.24, 2.45) is 0 Å². The number of piperidine rings is 1. The van der Waals surface area contributed by atoms with Crippen LogP contribution in [-0.2, 0) is 0 Å². The van der Waals surface area contributed by atoms with Crippen LogP contribution in [0.5, 0.6) is 11.5 Å². The van der Waals surface area contributed by atoms with E-state index in [9.17, 15) is 14.0 Å². The Morgan fingerprint density at radius 1 is 1.14 bits per heavy atom. The van der Waals surface area contributed by atoms with Crippen molar-refractivity contribution >= 4 is 68.0 Å². The van der Waals surface area contributed by atoms with E-state index in [1.807, 2.05) is 0 Å². The van der Waals surface area contributed by atoms with Gasteiger partial charge in [-0.2, -0.15) is 0 Å². The number of methoxy groups -OCH3 is 1. The molecule has 0 atom stereocenters. The van der Waals surface area contributed by atoms with Gasteiger partial charge in [0.2, 0.25) is 0 Å². The highest BCUT2D eigenvalue weighted by atomic mass is 35.5. The summed E-state index contributed by atoms with van der Waals surface area (Å²) >= 11 is 7.09. The number of halogens is 2. The number of benzene rings is 2. The van der Waals surface area contributed by atoms with Gasteiger partial charge in [0.15, 0.2) is 17.3 Å². The third-order valence-corrected chi connectivity index (χ3v) is 8.62. The molecule has 2 aromatic heterocycles. The minimum absolute atomic E-state index is 0.133. The Hall–Kier alpha value is -4.00. The zero-order valence-corrected chi connectivity index (χ0v) is 24.4. The standard InChI is InChI=1S/C29H28ClFN6O4S/c1-40-22-14-17(6-9-21(22)41-13-5-12-36-10-3-2-4-11-36)34-27(38)25-24-23-26(32-16-33-28(23)42-25)37(29(39)35-24)18-7-8-20(31)19(30)15-18/h6-9,14-16H,2-5,10-13H2,1H3,(H,34,38)(H,35,39). The lowest BCUT2D eigenvalue weighted by Crippen LogP contribution is -2.35. The Labute approximate surface area is 250 Å². The van der Waals surface area contributed by atoms with Crippen molar-refractivity contribution in [1.82, 2.24) is 14.9 Å². The quantitative estimate of drug-likeness (QED) is 0.203. The molecule has 2 aliphatic heterocycles. The second-order valence-corrected chi connectivity index (χ2v) is 11.4. The minimum atomic E-state index is -0.607. The lowest BCUT2D eigenvalue weighted by Gasteiger charge is -2.27. The van der Waals surface area contributed by atoms with Crippen LogP contribution in [0.2, 0.25) is 5.02 Å². The molecule has 3 amide bonds. The highest BCUT2D eigenvalue weighted by Gasteiger charge is 2.34. The van der Waals surface area contributed by atoms with Gasteiger partial charge in [-0.15, -0.1) is 11.3 Å². The van der Waals surface area contributed by atoms with Gasteiger partial charge in [0, 0.05) is 18.3 Å². The van der Waals surface area contributed by atoms with Crippen molar-refractivity contribution in [2.45, 2.75) is 25.7 Å². The molecular formula is C29H28ClFN6O4S. The molecule has 0 saturated carbocycles. The summed E-state index contributed by atoms with van der Waals surface area (Å²) in [4.78, 5) is 39.7. The fraction of sp³-hybridized carbons (Fsp3) is 0.310. The van der Waals surface area contributed by atoms with Crippen LogP contribution in [0.1, 0.15) is 35.4 Å². The lowest BCUT2D eigenvalue weighted by atomic mass is 10.1. The first-order valence-corrected chi connectivity index (χ1v) is 14.8. The molecular weight excluding hydrogens is 583 g/mol. The largest absolute Gasteiger partial charge is 0.493 e. The summed E-state index contributed by atoms with van der Waals surface area (Å²) in [6, 6.07) is 8.57. The van der Waals surface area contributed by atoms with Crippen molar-refractivity contribution in [2.75, 3.05) is 48.9 Å². The van der Waals surface area contributed by atoms with Crippen LogP contribution in [0.3, 0.4) is 0 Å². The van der Waals surface area contributed by atoms with Gasteiger partial charge in [-0.1, -0.05) is 18.0 Å². The molecule has 13 heteroatoms. The average molecular weight is 611 g/mol. The number of hydrogen-bond donors (Lipinski definition) is 2. The Bertz CT molecular complexity index is 1660. The molecule has 1 fully saturated rings. The molecule has 42 heavy (non-hydrogen) atoms. The molecule has 0 unspecified atom stereocenters. The fourth-order valence-corrected chi connectivity index (χ4v) is 6.36. The number of carbonyl (C=O) groups excluding carboxylic acids is 2.